The van der Waals surface area contributed by atoms with Crippen LogP contribution in [0.4, 0.5) is 0 Å². The van der Waals surface area contributed by atoms with E-state index in [0.29, 0.717) is 0 Å². The van der Waals surface area contributed by atoms with Crippen molar-refractivity contribution in [2.24, 2.45) is 0 Å². The number of hydrogen-bond donors (Lipinski definition) is 1. The van der Waals surface area contributed by atoms with E-state index in [1.54, 1.807) is 0 Å². The van der Waals surface area contributed by atoms with Gasteiger partial charge in [0.05, 0.1) is 12.2 Å². The van der Waals surface area contributed by atoms with Gasteiger partial charge in [-0.05, 0) is 37.0 Å². The molecule has 1 aliphatic carbocycles. The SMILES string of the molecule is CCCCOc1ccc(C2(O)CC2)cc1. The molecule has 1 aromatic carbocycles. The quantitative estimate of drug-likeness (QED) is 0.751. The number of rotatable bonds is 5. The molecular weight excluding hydrogens is 188 g/mol. The van der Waals surface area contributed by atoms with Crippen molar-refractivity contribution in [3.8, 4) is 5.75 Å². The maximum absolute atomic E-state index is 9.86. The maximum atomic E-state index is 9.86. The maximum Gasteiger partial charge on any atom is 0.119 e. The monoisotopic (exact) mass is 206 g/mol. The molecule has 1 fully saturated rings. The molecular formula is C13H18O2. The molecule has 2 rings (SSSR count). The summed E-state index contributed by atoms with van der Waals surface area (Å²) in [5, 5.41) is 9.86. The zero-order valence-electron chi connectivity index (χ0n) is 9.20. The van der Waals surface area contributed by atoms with Crippen LogP contribution in [0.25, 0.3) is 0 Å². The Balaban J connectivity index is 1.92. The van der Waals surface area contributed by atoms with Crippen LogP contribution in [-0.2, 0) is 5.60 Å². The lowest BCUT2D eigenvalue weighted by Gasteiger charge is -2.09. The molecule has 0 aliphatic heterocycles. The summed E-state index contributed by atoms with van der Waals surface area (Å²) in [4.78, 5) is 0. The van der Waals surface area contributed by atoms with Gasteiger partial charge >= 0.3 is 0 Å². The highest BCUT2D eigenvalue weighted by atomic mass is 16.5. The predicted octanol–water partition coefficient (Wildman–Crippen LogP) is 2.85. The van der Waals surface area contributed by atoms with Gasteiger partial charge < -0.3 is 9.84 Å². The molecule has 0 atom stereocenters. The zero-order chi connectivity index (χ0) is 10.7. The molecule has 0 amide bonds. The lowest BCUT2D eigenvalue weighted by Crippen LogP contribution is -2.04. The molecule has 15 heavy (non-hydrogen) atoms. The molecule has 1 aliphatic rings. The topological polar surface area (TPSA) is 29.5 Å². The molecule has 82 valence electrons. The molecule has 1 N–H and O–H groups in total. The van der Waals surface area contributed by atoms with E-state index in [9.17, 15) is 5.11 Å². The summed E-state index contributed by atoms with van der Waals surface area (Å²) in [7, 11) is 0. The van der Waals surface area contributed by atoms with Crippen LogP contribution in [0.15, 0.2) is 24.3 Å². The fourth-order valence-electron chi connectivity index (χ4n) is 1.60. The zero-order valence-corrected chi connectivity index (χ0v) is 9.20. The highest BCUT2D eigenvalue weighted by Crippen LogP contribution is 2.45. The summed E-state index contributed by atoms with van der Waals surface area (Å²) < 4.78 is 5.55. The van der Waals surface area contributed by atoms with Gasteiger partial charge in [0.25, 0.3) is 0 Å². The molecule has 0 heterocycles. The third kappa shape index (κ3) is 2.51. The van der Waals surface area contributed by atoms with E-state index in [-0.39, 0.29) is 0 Å². The fraction of sp³-hybridized carbons (Fsp3) is 0.538. The van der Waals surface area contributed by atoms with Crippen molar-refractivity contribution >= 4 is 0 Å². The fourth-order valence-corrected chi connectivity index (χ4v) is 1.60. The van der Waals surface area contributed by atoms with Gasteiger partial charge in [0.15, 0.2) is 0 Å². The molecule has 0 saturated heterocycles. The van der Waals surface area contributed by atoms with E-state index in [4.69, 9.17) is 4.74 Å². The molecule has 0 bridgehead atoms. The van der Waals surface area contributed by atoms with Gasteiger partial charge in [-0.1, -0.05) is 25.5 Å². The molecule has 0 spiro atoms. The number of aliphatic hydroxyl groups is 1. The predicted molar refractivity (Wildman–Crippen MR) is 60.0 cm³/mol. The summed E-state index contributed by atoms with van der Waals surface area (Å²) in [6.45, 7) is 2.93. The van der Waals surface area contributed by atoms with Gasteiger partial charge in [-0.2, -0.15) is 0 Å². The van der Waals surface area contributed by atoms with Crippen molar-refractivity contribution in [1.82, 2.24) is 0 Å². The Morgan fingerprint density at radius 3 is 2.47 bits per heavy atom. The number of hydrogen-bond acceptors (Lipinski definition) is 2. The lowest BCUT2D eigenvalue weighted by atomic mass is 10.1. The summed E-state index contributed by atoms with van der Waals surface area (Å²) in [5.41, 5.74) is 0.493. The van der Waals surface area contributed by atoms with Crippen molar-refractivity contribution in [3.63, 3.8) is 0 Å². The van der Waals surface area contributed by atoms with Gasteiger partial charge in [0.2, 0.25) is 0 Å². The van der Waals surface area contributed by atoms with Crippen LogP contribution in [0.3, 0.4) is 0 Å². The minimum absolute atomic E-state index is 0.526. The first-order valence-corrected chi connectivity index (χ1v) is 5.70. The standard InChI is InChI=1S/C13H18O2/c1-2-3-10-15-12-6-4-11(5-7-12)13(14)8-9-13/h4-7,14H,2-3,8-10H2,1H3. The summed E-state index contributed by atoms with van der Waals surface area (Å²) in [6, 6.07) is 7.82. The highest BCUT2D eigenvalue weighted by Gasteiger charge is 2.41. The van der Waals surface area contributed by atoms with Crippen molar-refractivity contribution in [2.45, 2.75) is 38.2 Å². The highest BCUT2D eigenvalue weighted by molar-refractivity contribution is 5.33. The van der Waals surface area contributed by atoms with E-state index < -0.39 is 5.60 Å². The minimum atomic E-state index is -0.526. The number of unbranched alkanes of at least 4 members (excludes halogenated alkanes) is 1. The van der Waals surface area contributed by atoms with Gasteiger partial charge in [-0.25, -0.2) is 0 Å². The van der Waals surface area contributed by atoms with Crippen LogP contribution in [0, 0.1) is 0 Å². The molecule has 2 heteroatoms. The normalized spacial score (nSPS) is 17.5. The molecule has 0 radical (unpaired) electrons. The first-order valence-electron chi connectivity index (χ1n) is 5.70. The summed E-state index contributed by atoms with van der Waals surface area (Å²) in [6.07, 6.45) is 4.02. The van der Waals surface area contributed by atoms with E-state index in [1.807, 2.05) is 24.3 Å². The van der Waals surface area contributed by atoms with Crippen molar-refractivity contribution in [3.05, 3.63) is 29.8 Å². The van der Waals surface area contributed by atoms with Crippen LogP contribution in [0.5, 0.6) is 5.75 Å². The van der Waals surface area contributed by atoms with Crippen molar-refractivity contribution in [2.75, 3.05) is 6.61 Å². The smallest absolute Gasteiger partial charge is 0.119 e. The second-order valence-electron chi connectivity index (χ2n) is 4.26. The Hall–Kier alpha value is -1.02. The van der Waals surface area contributed by atoms with E-state index in [0.717, 1.165) is 43.6 Å². The summed E-state index contributed by atoms with van der Waals surface area (Å²) >= 11 is 0. The van der Waals surface area contributed by atoms with Crippen molar-refractivity contribution in [1.29, 1.82) is 0 Å². The first-order chi connectivity index (χ1) is 7.24. The third-order valence-electron chi connectivity index (χ3n) is 2.88. The molecule has 0 unspecified atom stereocenters. The van der Waals surface area contributed by atoms with E-state index >= 15 is 0 Å². The molecule has 1 aromatic rings. The Bertz CT molecular complexity index is 312. The van der Waals surface area contributed by atoms with E-state index in [2.05, 4.69) is 6.92 Å². The average molecular weight is 206 g/mol. The van der Waals surface area contributed by atoms with Crippen LogP contribution in [0.1, 0.15) is 38.2 Å². The largest absolute Gasteiger partial charge is 0.494 e. The number of ether oxygens (including phenoxy) is 1. The summed E-state index contributed by atoms with van der Waals surface area (Å²) in [5.74, 6) is 0.899. The minimum Gasteiger partial charge on any atom is -0.494 e. The van der Waals surface area contributed by atoms with Gasteiger partial charge in [-0.3, -0.25) is 0 Å². The van der Waals surface area contributed by atoms with E-state index in [1.165, 1.54) is 0 Å². The first kappa shape index (κ1) is 10.5. The second-order valence-corrected chi connectivity index (χ2v) is 4.26. The second kappa shape index (κ2) is 4.23. The molecule has 2 nitrogen and oxygen atoms in total. The van der Waals surface area contributed by atoms with Gasteiger partial charge in [0.1, 0.15) is 5.75 Å². The van der Waals surface area contributed by atoms with Gasteiger partial charge in [-0.15, -0.1) is 0 Å². The lowest BCUT2D eigenvalue weighted by molar-refractivity contribution is 0.151. The number of benzene rings is 1. The van der Waals surface area contributed by atoms with Crippen LogP contribution < -0.4 is 4.74 Å². The molecule has 0 aromatic heterocycles. The Labute approximate surface area is 90.9 Å². The van der Waals surface area contributed by atoms with Crippen LogP contribution in [0.2, 0.25) is 0 Å². The van der Waals surface area contributed by atoms with Crippen LogP contribution in [-0.4, -0.2) is 11.7 Å². The Kier molecular flexibility index (Phi) is 2.96. The molecule has 1 saturated carbocycles. The third-order valence-corrected chi connectivity index (χ3v) is 2.88. The van der Waals surface area contributed by atoms with Crippen LogP contribution >= 0.6 is 0 Å². The van der Waals surface area contributed by atoms with Crippen molar-refractivity contribution < 1.29 is 9.84 Å². The Morgan fingerprint density at radius 1 is 1.27 bits per heavy atom. The van der Waals surface area contributed by atoms with Gasteiger partial charge in [0, 0.05) is 0 Å². The Morgan fingerprint density at radius 2 is 1.93 bits per heavy atom. The average Bonchev–Trinajstić information content (AvgIpc) is 2.99.